The molecule has 35 heavy (non-hydrogen) atoms. The summed E-state index contributed by atoms with van der Waals surface area (Å²) in [5.74, 6) is -0.335. The van der Waals surface area contributed by atoms with Crippen molar-refractivity contribution in [3.05, 3.63) is 94.1 Å². The first-order valence-electron chi connectivity index (χ1n) is 11.8. The Kier molecular flexibility index (Phi) is 7.98. The average molecular weight is 492 g/mol. The van der Waals surface area contributed by atoms with Crippen LogP contribution in [-0.2, 0) is 17.8 Å². The van der Waals surface area contributed by atoms with E-state index in [0.717, 1.165) is 22.0 Å². The standard InChI is InChI=1S/C28H30FN3O2S/c1-20(2)17-32(28(34)26-8-5-15-35-26)19-27(33)31(18-21-9-11-23(29)12-10-21)14-13-22-16-30-25-7-4-3-6-24(22)25/h3-12,15-16,20,30H,13-14,17-19H2,1-2H3. The van der Waals surface area contributed by atoms with Gasteiger partial charge in [-0.3, -0.25) is 9.59 Å². The van der Waals surface area contributed by atoms with Crippen molar-refractivity contribution in [3.63, 3.8) is 0 Å². The Morgan fingerprint density at radius 2 is 1.77 bits per heavy atom. The van der Waals surface area contributed by atoms with Crippen molar-refractivity contribution in [1.82, 2.24) is 14.8 Å². The highest BCUT2D eigenvalue weighted by Gasteiger charge is 2.24. The van der Waals surface area contributed by atoms with E-state index in [1.165, 1.54) is 23.5 Å². The lowest BCUT2D eigenvalue weighted by molar-refractivity contribution is -0.132. The number of thiophene rings is 1. The predicted octanol–water partition coefficient (Wildman–Crippen LogP) is 5.74. The molecule has 0 saturated carbocycles. The number of amides is 2. The fraction of sp³-hybridized carbons (Fsp3) is 0.286. The molecule has 0 atom stereocenters. The van der Waals surface area contributed by atoms with Gasteiger partial charge in [-0.15, -0.1) is 11.3 Å². The summed E-state index contributed by atoms with van der Waals surface area (Å²) in [4.78, 5) is 34.0. The van der Waals surface area contributed by atoms with Crippen molar-refractivity contribution in [1.29, 1.82) is 0 Å². The van der Waals surface area contributed by atoms with Gasteiger partial charge in [-0.05, 0) is 53.1 Å². The van der Waals surface area contributed by atoms with Gasteiger partial charge in [0.05, 0.1) is 4.88 Å². The molecular formula is C28H30FN3O2S. The number of fused-ring (bicyclic) bond motifs is 1. The third kappa shape index (κ3) is 6.36. The molecule has 0 spiro atoms. The highest BCUT2D eigenvalue weighted by molar-refractivity contribution is 7.12. The number of nitrogens with one attached hydrogen (secondary N) is 1. The number of carbonyl (C=O) groups excluding carboxylic acids is 2. The molecule has 0 unspecified atom stereocenters. The molecule has 0 radical (unpaired) electrons. The summed E-state index contributed by atoms with van der Waals surface area (Å²) in [5.41, 5.74) is 3.04. The monoisotopic (exact) mass is 491 g/mol. The molecule has 4 aromatic rings. The molecule has 2 amide bonds. The Labute approximate surface area is 209 Å². The number of benzene rings is 2. The van der Waals surface area contributed by atoms with Crippen LogP contribution in [0, 0.1) is 11.7 Å². The van der Waals surface area contributed by atoms with Crippen LogP contribution in [0.25, 0.3) is 10.9 Å². The van der Waals surface area contributed by atoms with E-state index in [4.69, 9.17) is 0 Å². The van der Waals surface area contributed by atoms with E-state index < -0.39 is 0 Å². The van der Waals surface area contributed by atoms with E-state index in [-0.39, 0.29) is 30.1 Å². The predicted molar refractivity (Wildman–Crippen MR) is 139 cm³/mol. The van der Waals surface area contributed by atoms with Gasteiger partial charge in [0.25, 0.3) is 5.91 Å². The van der Waals surface area contributed by atoms with Crippen molar-refractivity contribution in [3.8, 4) is 0 Å². The summed E-state index contributed by atoms with van der Waals surface area (Å²) in [7, 11) is 0. The average Bonchev–Trinajstić information content (AvgIpc) is 3.52. The van der Waals surface area contributed by atoms with Crippen LogP contribution < -0.4 is 0 Å². The normalized spacial score (nSPS) is 11.2. The van der Waals surface area contributed by atoms with E-state index in [0.29, 0.717) is 30.9 Å². The molecule has 0 saturated heterocycles. The first-order chi connectivity index (χ1) is 16.9. The van der Waals surface area contributed by atoms with Crippen LogP contribution in [0.4, 0.5) is 4.39 Å². The lowest BCUT2D eigenvalue weighted by Gasteiger charge is -2.28. The van der Waals surface area contributed by atoms with Gasteiger partial charge in [-0.2, -0.15) is 0 Å². The van der Waals surface area contributed by atoms with E-state index in [2.05, 4.69) is 11.1 Å². The summed E-state index contributed by atoms with van der Waals surface area (Å²) in [5, 5.41) is 3.00. The minimum Gasteiger partial charge on any atom is -0.361 e. The highest BCUT2D eigenvalue weighted by Crippen LogP contribution is 2.20. The fourth-order valence-electron chi connectivity index (χ4n) is 4.18. The second-order valence-corrected chi connectivity index (χ2v) is 10.1. The molecule has 0 aliphatic heterocycles. The van der Waals surface area contributed by atoms with E-state index in [1.54, 1.807) is 28.0 Å². The minimum absolute atomic E-state index is 0.00396. The Bertz CT molecular complexity index is 1270. The Balaban J connectivity index is 1.53. The summed E-state index contributed by atoms with van der Waals surface area (Å²) in [6.45, 7) is 5.41. The van der Waals surface area contributed by atoms with Gasteiger partial charge in [-0.1, -0.05) is 50.2 Å². The topological polar surface area (TPSA) is 56.4 Å². The van der Waals surface area contributed by atoms with Crippen molar-refractivity contribution in [2.24, 2.45) is 5.92 Å². The van der Waals surface area contributed by atoms with Crippen LogP contribution in [0.3, 0.4) is 0 Å². The lowest BCUT2D eigenvalue weighted by atomic mass is 10.1. The van der Waals surface area contributed by atoms with Gasteiger partial charge in [0.2, 0.25) is 5.91 Å². The summed E-state index contributed by atoms with van der Waals surface area (Å²) in [6.07, 6.45) is 2.65. The van der Waals surface area contributed by atoms with Gasteiger partial charge in [0.15, 0.2) is 0 Å². The number of aromatic amines is 1. The zero-order valence-electron chi connectivity index (χ0n) is 20.0. The maximum Gasteiger partial charge on any atom is 0.264 e. The SMILES string of the molecule is CC(C)CN(CC(=O)N(CCc1c[nH]c2ccccc12)Cc1ccc(F)cc1)C(=O)c1cccs1. The first-order valence-corrected chi connectivity index (χ1v) is 12.7. The second kappa shape index (κ2) is 11.3. The first kappa shape index (κ1) is 24.7. The van der Waals surface area contributed by atoms with E-state index in [1.807, 2.05) is 49.7 Å². The quantitative estimate of drug-likeness (QED) is 0.308. The molecule has 0 fully saturated rings. The molecule has 7 heteroatoms. The van der Waals surface area contributed by atoms with Crippen LogP contribution >= 0.6 is 11.3 Å². The second-order valence-electron chi connectivity index (χ2n) is 9.11. The van der Waals surface area contributed by atoms with Crippen LogP contribution in [0.15, 0.2) is 72.2 Å². The third-order valence-corrected chi connectivity index (χ3v) is 6.75. The number of hydrogen-bond donors (Lipinski definition) is 1. The molecule has 1 N–H and O–H groups in total. The Hall–Kier alpha value is -3.45. The molecule has 4 rings (SSSR count). The smallest absolute Gasteiger partial charge is 0.264 e. The number of halogens is 1. The Morgan fingerprint density at radius 1 is 1.00 bits per heavy atom. The largest absolute Gasteiger partial charge is 0.361 e. The number of hydrogen-bond acceptors (Lipinski definition) is 3. The van der Waals surface area contributed by atoms with Crippen LogP contribution in [-0.4, -0.2) is 46.2 Å². The summed E-state index contributed by atoms with van der Waals surface area (Å²) < 4.78 is 13.5. The summed E-state index contributed by atoms with van der Waals surface area (Å²) >= 11 is 1.38. The zero-order chi connectivity index (χ0) is 24.8. The molecule has 2 aromatic carbocycles. The van der Waals surface area contributed by atoms with Gasteiger partial charge >= 0.3 is 0 Å². The molecule has 0 aliphatic carbocycles. The molecule has 2 aromatic heterocycles. The van der Waals surface area contributed by atoms with Crippen molar-refractivity contribution < 1.29 is 14.0 Å². The maximum atomic E-state index is 13.6. The van der Waals surface area contributed by atoms with Crippen LogP contribution in [0.1, 0.15) is 34.6 Å². The molecule has 0 aliphatic rings. The van der Waals surface area contributed by atoms with Crippen LogP contribution in [0.2, 0.25) is 0 Å². The fourth-order valence-corrected chi connectivity index (χ4v) is 4.87. The lowest BCUT2D eigenvalue weighted by Crippen LogP contribution is -2.44. The number of nitrogens with zero attached hydrogens (tertiary/aromatic N) is 2. The van der Waals surface area contributed by atoms with Gasteiger partial charge in [0, 0.05) is 36.7 Å². The highest BCUT2D eigenvalue weighted by atomic mass is 32.1. The number of para-hydroxylation sites is 1. The molecule has 0 bridgehead atoms. The van der Waals surface area contributed by atoms with Gasteiger partial charge in [0.1, 0.15) is 12.4 Å². The molecular weight excluding hydrogens is 461 g/mol. The number of aromatic nitrogens is 1. The zero-order valence-corrected chi connectivity index (χ0v) is 20.9. The van der Waals surface area contributed by atoms with Gasteiger partial charge < -0.3 is 14.8 Å². The maximum absolute atomic E-state index is 13.6. The van der Waals surface area contributed by atoms with Crippen molar-refractivity contribution in [2.75, 3.05) is 19.6 Å². The number of rotatable bonds is 10. The van der Waals surface area contributed by atoms with Gasteiger partial charge in [-0.25, -0.2) is 4.39 Å². The Morgan fingerprint density at radius 3 is 2.49 bits per heavy atom. The minimum atomic E-state index is -0.310. The third-order valence-electron chi connectivity index (χ3n) is 5.90. The number of carbonyl (C=O) groups is 2. The molecule has 182 valence electrons. The van der Waals surface area contributed by atoms with Crippen molar-refractivity contribution in [2.45, 2.75) is 26.8 Å². The van der Waals surface area contributed by atoms with E-state index in [9.17, 15) is 14.0 Å². The molecule has 2 heterocycles. The van der Waals surface area contributed by atoms with Crippen LogP contribution in [0.5, 0.6) is 0 Å². The van der Waals surface area contributed by atoms with E-state index >= 15 is 0 Å². The number of H-pyrrole nitrogens is 1. The van der Waals surface area contributed by atoms with Crippen molar-refractivity contribution >= 4 is 34.1 Å². The summed E-state index contributed by atoms with van der Waals surface area (Å²) in [6, 6.07) is 17.9. The molecule has 5 nitrogen and oxygen atoms in total.